The normalized spacial score (nSPS) is 20.5. The molecule has 0 aliphatic heterocycles. The van der Waals surface area contributed by atoms with Gasteiger partial charge in [0.15, 0.2) is 0 Å². The smallest absolute Gasteiger partial charge is 0.0367 e. The molecule has 0 spiro atoms. The van der Waals surface area contributed by atoms with E-state index in [0.29, 0.717) is 5.41 Å². The molecule has 1 aromatic carbocycles. The molecule has 1 fully saturated rings. The van der Waals surface area contributed by atoms with Crippen LogP contribution < -0.4 is 0 Å². The van der Waals surface area contributed by atoms with Gasteiger partial charge in [0.25, 0.3) is 0 Å². The third-order valence-electron chi connectivity index (χ3n) is 3.24. The highest BCUT2D eigenvalue weighted by molar-refractivity contribution is 9.10. The minimum Gasteiger partial charge on any atom is -0.123 e. The summed E-state index contributed by atoms with van der Waals surface area (Å²) in [5, 5.41) is 0.287. The molecule has 1 saturated carbocycles. The zero-order valence-electron chi connectivity index (χ0n) is 8.26. The monoisotopic (exact) mass is 272 g/mol. The van der Waals surface area contributed by atoms with Gasteiger partial charge >= 0.3 is 0 Å². The molecule has 14 heavy (non-hydrogen) atoms. The highest BCUT2D eigenvalue weighted by atomic mass is 79.9. The Labute approximate surface area is 98.8 Å². The number of hydrogen-bond donors (Lipinski definition) is 0. The zero-order valence-corrected chi connectivity index (χ0v) is 10.6. The van der Waals surface area contributed by atoms with Crippen LogP contribution in [0.2, 0.25) is 0 Å². The van der Waals surface area contributed by atoms with E-state index in [0.717, 1.165) is 6.42 Å². The predicted octanol–water partition coefficient (Wildman–Crippen LogP) is 4.40. The molecule has 2 heteroatoms. The summed E-state index contributed by atoms with van der Waals surface area (Å²) in [5.74, 6) is 0. The van der Waals surface area contributed by atoms with Crippen molar-refractivity contribution in [1.29, 1.82) is 0 Å². The molecule has 0 nitrogen and oxygen atoms in total. The van der Waals surface area contributed by atoms with Crippen LogP contribution in [0, 0.1) is 5.41 Å². The first-order valence-corrected chi connectivity index (χ1v) is 6.24. The average Bonchev–Trinajstić information content (AvgIpc) is 2.90. The van der Waals surface area contributed by atoms with E-state index in [4.69, 9.17) is 11.6 Å². The van der Waals surface area contributed by atoms with E-state index in [1.54, 1.807) is 0 Å². The zero-order chi connectivity index (χ0) is 10.2. The molecular formula is C12H14BrCl. The molecule has 0 amide bonds. The molecule has 1 aliphatic rings. The van der Waals surface area contributed by atoms with E-state index in [9.17, 15) is 0 Å². The largest absolute Gasteiger partial charge is 0.123 e. The number of alkyl halides is 1. The summed E-state index contributed by atoms with van der Waals surface area (Å²) in [5.41, 5.74) is 1.77. The Morgan fingerprint density at radius 2 is 2.07 bits per heavy atom. The highest BCUT2D eigenvalue weighted by Gasteiger charge is 2.46. The fourth-order valence-corrected chi connectivity index (χ4v) is 2.62. The summed E-state index contributed by atoms with van der Waals surface area (Å²) < 4.78 is 1.21. The van der Waals surface area contributed by atoms with E-state index in [1.807, 2.05) is 0 Å². The van der Waals surface area contributed by atoms with Crippen molar-refractivity contribution >= 4 is 27.5 Å². The lowest BCUT2D eigenvalue weighted by molar-refractivity contribution is 0.495. The second kappa shape index (κ2) is 3.86. The summed E-state index contributed by atoms with van der Waals surface area (Å²) in [4.78, 5) is 0. The van der Waals surface area contributed by atoms with Crippen molar-refractivity contribution in [2.45, 2.75) is 31.6 Å². The summed E-state index contributed by atoms with van der Waals surface area (Å²) >= 11 is 9.80. The molecule has 76 valence electrons. The molecule has 0 radical (unpaired) electrons. The van der Waals surface area contributed by atoms with Gasteiger partial charge in [0, 0.05) is 9.85 Å². The highest BCUT2D eigenvalue weighted by Crippen LogP contribution is 2.53. The Bertz CT molecular complexity index is 329. The summed E-state index contributed by atoms with van der Waals surface area (Å²) in [6, 6.07) is 8.43. The molecule has 0 aromatic heterocycles. The van der Waals surface area contributed by atoms with Gasteiger partial charge in [-0.3, -0.25) is 0 Å². The Balaban J connectivity index is 2.15. The Kier molecular flexibility index (Phi) is 2.90. The Morgan fingerprint density at radius 3 is 2.57 bits per heavy atom. The van der Waals surface area contributed by atoms with Gasteiger partial charge in [-0.1, -0.05) is 34.1 Å². The lowest BCUT2D eigenvalue weighted by atomic mass is 9.94. The Hall–Kier alpha value is -0.0100. The molecule has 0 N–H and O–H groups in total. The van der Waals surface area contributed by atoms with Crippen LogP contribution in [0.25, 0.3) is 0 Å². The quantitative estimate of drug-likeness (QED) is 0.716. The van der Waals surface area contributed by atoms with Crippen molar-refractivity contribution in [1.82, 2.24) is 0 Å². The second-order valence-corrected chi connectivity index (χ2v) is 5.76. The number of halogens is 2. The molecule has 1 atom stereocenters. The summed E-state index contributed by atoms with van der Waals surface area (Å²) in [7, 11) is 0. The van der Waals surface area contributed by atoms with Crippen molar-refractivity contribution in [2.75, 3.05) is 0 Å². The summed E-state index contributed by atoms with van der Waals surface area (Å²) in [6.07, 6.45) is 3.66. The van der Waals surface area contributed by atoms with Gasteiger partial charge in [-0.25, -0.2) is 0 Å². The SMILES string of the molecule is CC(Cl)C1(Cc2ccccc2Br)CC1. The van der Waals surface area contributed by atoms with Gasteiger partial charge < -0.3 is 0 Å². The fraction of sp³-hybridized carbons (Fsp3) is 0.500. The van der Waals surface area contributed by atoms with Gasteiger partial charge in [-0.15, -0.1) is 11.6 Å². The van der Waals surface area contributed by atoms with E-state index in [2.05, 4.69) is 47.1 Å². The number of benzene rings is 1. The van der Waals surface area contributed by atoms with Crippen LogP contribution in [-0.4, -0.2) is 5.38 Å². The lowest BCUT2D eigenvalue weighted by Crippen LogP contribution is -2.15. The first kappa shape index (κ1) is 10.5. The van der Waals surface area contributed by atoms with Crippen LogP contribution in [0.4, 0.5) is 0 Å². The Morgan fingerprint density at radius 1 is 1.43 bits per heavy atom. The van der Waals surface area contributed by atoms with E-state index in [1.165, 1.54) is 22.9 Å². The van der Waals surface area contributed by atoms with Gasteiger partial charge in [0.05, 0.1) is 0 Å². The standard InChI is InChI=1S/C12H14BrCl/c1-9(14)12(6-7-12)8-10-4-2-3-5-11(10)13/h2-5,9H,6-8H2,1H3. The van der Waals surface area contributed by atoms with Gasteiger partial charge in [-0.05, 0) is 43.2 Å². The lowest BCUT2D eigenvalue weighted by Gasteiger charge is -2.18. The molecule has 1 aliphatic carbocycles. The van der Waals surface area contributed by atoms with Crippen molar-refractivity contribution in [3.05, 3.63) is 34.3 Å². The second-order valence-electron chi connectivity index (χ2n) is 4.25. The van der Waals surface area contributed by atoms with E-state index >= 15 is 0 Å². The predicted molar refractivity (Wildman–Crippen MR) is 64.8 cm³/mol. The first-order valence-electron chi connectivity index (χ1n) is 5.01. The van der Waals surface area contributed by atoms with E-state index in [-0.39, 0.29) is 5.38 Å². The van der Waals surface area contributed by atoms with Gasteiger partial charge in [0.1, 0.15) is 0 Å². The van der Waals surface area contributed by atoms with Gasteiger partial charge in [0.2, 0.25) is 0 Å². The van der Waals surface area contributed by atoms with Crippen LogP contribution >= 0.6 is 27.5 Å². The maximum Gasteiger partial charge on any atom is 0.0367 e. The van der Waals surface area contributed by atoms with Crippen LogP contribution in [0.5, 0.6) is 0 Å². The third kappa shape index (κ3) is 1.99. The molecule has 0 bridgehead atoms. The number of hydrogen-bond acceptors (Lipinski definition) is 0. The third-order valence-corrected chi connectivity index (χ3v) is 4.47. The molecular weight excluding hydrogens is 259 g/mol. The van der Waals surface area contributed by atoms with Crippen LogP contribution in [0.1, 0.15) is 25.3 Å². The number of rotatable bonds is 3. The van der Waals surface area contributed by atoms with E-state index < -0.39 is 0 Å². The van der Waals surface area contributed by atoms with Crippen molar-refractivity contribution in [3.63, 3.8) is 0 Å². The van der Waals surface area contributed by atoms with Crippen molar-refractivity contribution < 1.29 is 0 Å². The van der Waals surface area contributed by atoms with Crippen molar-refractivity contribution in [3.8, 4) is 0 Å². The summed E-state index contributed by atoms with van der Waals surface area (Å²) in [6.45, 7) is 2.12. The minimum absolute atomic E-state index is 0.287. The molecule has 0 heterocycles. The maximum atomic E-state index is 6.22. The molecule has 2 rings (SSSR count). The minimum atomic E-state index is 0.287. The maximum absolute atomic E-state index is 6.22. The van der Waals surface area contributed by atoms with Gasteiger partial charge in [-0.2, -0.15) is 0 Å². The van der Waals surface area contributed by atoms with Crippen LogP contribution in [-0.2, 0) is 6.42 Å². The van der Waals surface area contributed by atoms with Crippen molar-refractivity contribution in [2.24, 2.45) is 5.41 Å². The van der Waals surface area contributed by atoms with Crippen LogP contribution in [0.15, 0.2) is 28.7 Å². The molecule has 1 aromatic rings. The topological polar surface area (TPSA) is 0 Å². The fourth-order valence-electron chi connectivity index (χ4n) is 1.90. The average molecular weight is 274 g/mol. The molecule has 0 saturated heterocycles. The first-order chi connectivity index (χ1) is 6.64. The molecule has 1 unspecified atom stereocenters. The van der Waals surface area contributed by atoms with Crippen LogP contribution in [0.3, 0.4) is 0 Å².